The van der Waals surface area contributed by atoms with Crippen LogP contribution in [-0.2, 0) is 9.59 Å². The van der Waals surface area contributed by atoms with Gasteiger partial charge in [-0.25, -0.2) is 4.39 Å². The van der Waals surface area contributed by atoms with Crippen molar-refractivity contribution < 1.29 is 19.1 Å². The molecule has 1 aromatic rings. The van der Waals surface area contributed by atoms with Gasteiger partial charge in [-0.05, 0) is 42.9 Å². The van der Waals surface area contributed by atoms with Crippen molar-refractivity contribution in [3.63, 3.8) is 0 Å². The van der Waals surface area contributed by atoms with Gasteiger partial charge >= 0.3 is 5.97 Å². The summed E-state index contributed by atoms with van der Waals surface area (Å²) in [4.78, 5) is 25.2. The van der Waals surface area contributed by atoms with Crippen molar-refractivity contribution in [2.24, 2.45) is 11.8 Å². The molecule has 2 fully saturated rings. The summed E-state index contributed by atoms with van der Waals surface area (Å²) in [7, 11) is 0. The largest absolute Gasteiger partial charge is 0.481 e. The fourth-order valence-electron chi connectivity index (χ4n) is 3.16. The first-order valence-electron chi connectivity index (χ1n) is 7.33. The van der Waals surface area contributed by atoms with Crippen LogP contribution in [0.1, 0.15) is 30.7 Å². The lowest BCUT2D eigenvalue weighted by Gasteiger charge is -2.31. The number of nitrogens with zero attached hydrogens (tertiary/aromatic N) is 1. The minimum absolute atomic E-state index is 0.0512. The van der Waals surface area contributed by atoms with Gasteiger partial charge in [-0.3, -0.25) is 9.59 Å². The SMILES string of the molecule is O=C(O)[C@@H]1CCCN(C(=O)[C@H]2C[C@H]2c2ccc(F)cc2)C1. The number of benzene rings is 1. The second kappa shape index (κ2) is 5.47. The van der Waals surface area contributed by atoms with Crippen LogP contribution < -0.4 is 0 Å². The number of rotatable bonds is 3. The van der Waals surface area contributed by atoms with Gasteiger partial charge in [-0.1, -0.05) is 12.1 Å². The van der Waals surface area contributed by atoms with Crippen LogP contribution in [0.25, 0.3) is 0 Å². The molecule has 1 saturated heterocycles. The smallest absolute Gasteiger partial charge is 0.308 e. The topological polar surface area (TPSA) is 57.6 Å². The third kappa shape index (κ3) is 2.91. The minimum atomic E-state index is -0.821. The number of carboxylic acids is 1. The molecule has 1 N–H and O–H groups in total. The van der Waals surface area contributed by atoms with Gasteiger partial charge in [-0.2, -0.15) is 0 Å². The summed E-state index contributed by atoms with van der Waals surface area (Å²) in [6.07, 6.45) is 2.17. The van der Waals surface area contributed by atoms with Crippen LogP contribution >= 0.6 is 0 Å². The molecule has 1 aromatic carbocycles. The zero-order chi connectivity index (χ0) is 15.0. The predicted octanol–water partition coefficient (Wildman–Crippen LogP) is 2.25. The van der Waals surface area contributed by atoms with Crippen molar-refractivity contribution in [2.45, 2.75) is 25.2 Å². The number of piperidine rings is 1. The first-order valence-corrected chi connectivity index (χ1v) is 7.33. The van der Waals surface area contributed by atoms with E-state index in [1.54, 1.807) is 17.0 Å². The quantitative estimate of drug-likeness (QED) is 0.929. The molecule has 1 heterocycles. The molecule has 0 radical (unpaired) electrons. The number of hydrogen-bond donors (Lipinski definition) is 1. The Hall–Kier alpha value is -1.91. The molecule has 0 spiro atoms. The molecule has 3 rings (SSSR count). The summed E-state index contributed by atoms with van der Waals surface area (Å²) >= 11 is 0. The van der Waals surface area contributed by atoms with Gasteiger partial charge in [-0.15, -0.1) is 0 Å². The van der Waals surface area contributed by atoms with E-state index in [1.807, 2.05) is 0 Å². The number of carbonyl (C=O) groups is 2. The van der Waals surface area contributed by atoms with E-state index in [0.29, 0.717) is 19.5 Å². The average Bonchev–Trinajstić information content (AvgIpc) is 3.28. The molecule has 0 aromatic heterocycles. The van der Waals surface area contributed by atoms with Crippen LogP contribution in [0.3, 0.4) is 0 Å². The van der Waals surface area contributed by atoms with Crippen molar-refractivity contribution >= 4 is 11.9 Å². The Balaban J connectivity index is 1.62. The minimum Gasteiger partial charge on any atom is -0.481 e. The van der Waals surface area contributed by atoms with E-state index < -0.39 is 11.9 Å². The second-order valence-electron chi connectivity index (χ2n) is 5.96. The lowest BCUT2D eigenvalue weighted by Crippen LogP contribution is -2.43. The summed E-state index contributed by atoms with van der Waals surface area (Å²) in [5.74, 6) is -1.40. The van der Waals surface area contributed by atoms with E-state index in [2.05, 4.69) is 0 Å². The molecule has 2 aliphatic rings. The van der Waals surface area contributed by atoms with E-state index in [0.717, 1.165) is 18.4 Å². The third-order valence-electron chi connectivity index (χ3n) is 4.49. The van der Waals surface area contributed by atoms with Gasteiger partial charge < -0.3 is 10.0 Å². The maximum Gasteiger partial charge on any atom is 0.308 e. The molecule has 1 aliphatic heterocycles. The van der Waals surface area contributed by atoms with E-state index >= 15 is 0 Å². The second-order valence-corrected chi connectivity index (χ2v) is 5.96. The molecule has 4 nitrogen and oxygen atoms in total. The molecule has 21 heavy (non-hydrogen) atoms. The number of amides is 1. The molecule has 1 saturated carbocycles. The summed E-state index contributed by atoms with van der Waals surface area (Å²) in [5.41, 5.74) is 0.988. The van der Waals surface area contributed by atoms with Crippen molar-refractivity contribution in [3.8, 4) is 0 Å². The molecule has 0 unspecified atom stereocenters. The molecule has 1 amide bonds. The van der Waals surface area contributed by atoms with Crippen LogP contribution in [0, 0.1) is 17.7 Å². The maximum atomic E-state index is 12.9. The Morgan fingerprint density at radius 1 is 1.24 bits per heavy atom. The molecule has 3 atom stereocenters. The zero-order valence-electron chi connectivity index (χ0n) is 11.7. The zero-order valence-corrected chi connectivity index (χ0v) is 11.7. The van der Waals surface area contributed by atoms with E-state index in [-0.39, 0.29) is 23.6 Å². The van der Waals surface area contributed by atoms with Crippen LogP contribution in [0.15, 0.2) is 24.3 Å². The molecule has 112 valence electrons. The average molecular weight is 291 g/mol. The highest BCUT2D eigenvalue weighted by Gasteiger charge is 2.46. The number of carbonyl (C=O) groups excluding carboxylic acids is 1. The van der Waals surface area contributed by atoms with Gasteiger partial charge in [0.05, 0.1) is 5.92 Å². The molecule has 1 aliphatic carbocycles. The Bertz CT molecular complexity index is 557. The van der Waals surface area contributed by atoms with Crippen molar-refractivity contribution in [1.82, 2.24) is 4.90 Å². The van der Waals surface area contributed by atoms with Gasteiger partial charge in [0.1, 0.15) is 5.82 Å². The molecular formula is C16H18FNO3. The highest BCUT2D eigenvalue weighted by atomic mass is 19.1. The number of hydrogen-bond acceptors (Lipinski definition) is 2. The van der Waals surface area contributed by atoms with Crippen LogP contribution in [0.5, 0.6) is 0 Å². The number of carboxylic acid groups (broad SMARTS) is 1. The summed E-state index contributed by atoms with van der Waals surface area (Å²) in [6, 6.07) is 6.28. The van der Waals surface area contributed by atoms with Crippen molar-refractivity contribution in [3.05, 3.63) is 35.6 Å². The highest BCUT2D eigenvalue weighted by molar-refractivity contribution is 5.84. The third-order valence-corrected chi connectivity index (χ3v) is 4.49. The van der Waals surface area contributed by atoms with Crippen molar-refractivity contribution in [1.29, 1.82) is 0 Å². The summed E-state index contributed by atoms with van der Waals surface area (Å²) in [5, 5.41) is 9.07. The monoisotopic (exact) mass is 291 g/mol. The first-order chi connectivity index (χ1) is 10.1. The van der Waals surface area contributed by atoms with E-state index in [9.17, 15) is 14.0 Å². The number of halogens is 1. The molecule has 5 heteroatoms. The highest BCUT2D eigenvalue weighted by Crippen LogP contribution is 2.48. The lowest BCUT2D eigenvalue weighted by atomic mass is 9.97. The lowest BCUT2D eigenvalue weighted by molar-refractivity contribution is -0.146. The van der Waals surface area contributed by atoms with E-state index in [1.165, 1.54) is 12.1 Å². The number of aliphatic carboxylic acids is 1. The van der Waals surface area contributed by atoms with Crippen LogP contribution in [0.4, 0.5) is 4.39 Å². The number of likely N-dealkylation sites (tertiary alicyclic amines) is 1. The normalized spacial score (nSPS) is 28.2. The molecule has 0 bridgehead atoms. The van der Waals surface area contributed by atoms with Crippen LogP contribution in [-0.4, -0.2) is 35.0 Å². The summed E-state index contributed by atoms with van der Waals surface area (Å²) < 4.78 is 12.9. The Morgan fingerprint density at radius 3 is 2.62 bits per heavy atom. The maximum absolute atomic E-state index is 12.9. The van der Waals surface area contributed by atoms with Crippen LogP contribution in [0.2, 0.25) is 0 Å². The van der Waals surface area contributed by atoms with Crippen molar-refractivity contribution in [2.75, 3.05) is 13.1 Å². The first kappa shape index (κ1) is 14.0. The Kier molecular flexibility index (Phi) is 3.66. The van der Waals surface area contributed by atoms with E-state index in [4.69, 9.17) is 5.11 Å². The predicted molar refractivity (Wildman–Crippen MR) is 74.2 cm³/mol. The molecular weight excluding hydrogens is 273 g/mol. The Labute approximate surface area is 122 Å². The summed E-state index contributed by atoms with van der Waals surface area (Å²) in [6.45, 7) is 0.968. The standard InChI is InChI=1S/C16H18FNO3/c17-12-5-3-10(4-6-12)13-8-14(13)15(19)18-7-1-2-11(9-18)16(20)21/h3-6,11,13-14H,1-2,7-9H2,(H,20,21)/t11-,13+,14+/m1/s1. The van der Waals surface area contributed by atoms with Gasteiger partial charge in [0.15, 0.2) is 0 Å². The van der Waals surface area contributed by atoms with Gasteiger partial charge in [0.25, 0.3) is 0 Å². The fraction of sp³-hybridized carbons (Fsp3) is 0.500. The van der Waals surface area contributed by atoms with Gasteiger partial charge in [0.2, 0.25) is 5.91 Å². The van der Waals surface area contributed by atoms with Gasteiger partial charge in [0, 0.05) is 19.0 Å². The Morgan fingerprint density at radius 2 is 1.95 bits per heavy atom. The fourth-order valence-corrected chi connectivity index (χ4v) is 3.16.